The van der Waals surface area contributed by atoms with Crippen molar-refractivity contribution in [2.24, 2.45) is 0 Å². The highest BCUT2D eigenvalue weighted by atomic mass is 32.2. The molecule has 0 fully saturated rings. The van der Waals surface area contributed by atoms with Gasteiger partial charge in [-0.15, -0.1) is 10.2 Å². The molecule has 0 atom stereocenters. The van der Waals surface area contributed by atoms with Gasteiger partial charge in [0.25, 0.3) is 0 Å². The van der Waals surface area contributed by atoms with E-state index in [9.17, 15) is 4.79 Å². The number of amides is 1. The second kappa shape index (κ2) is 9.94. The Morgan fingerprint density at radius 1 is 0.971 bits per heavy atom. The Hall–Kier alpha value is -4.24. The third kappa shape index (κ3) is 4.71. The number of fused-ring (bicyclic) bond motifs is 1. The van der Waals surface area contributed by atoms with Crippen LogP contribution < -0.4 is 14.8 Å². The van der Waals surface area contributed by atoms with Crippen molar-refractivity contribution >= 4 is 34.3 Å². The number of rotatable bonds is 8. The molecule has 35 heavy (non-hydrogen) atoms. The van der Waals surface area contributed by atoms with Gasteiger partial charge in [-0.2, -0.15) is 0 Å². The lowest BCUT2D eigenvalue weighted by molar-refractivity contribution is -0.113. The molecule has 1 amide bonds. The molecule has 0 aliphatic heterocycles. The fraction of sp³-hybridized carbons (Fsp3) is 0.115. The number of para-hydroxylation sites is 1. The smallest absolute Gasteiger partial charge is 0.234 e. The molecule has 3 aromatic carbocycles. The first kappa shape index (κ1) is 22.5. The van der Waals surface area contributed by atoms with Crippen molar-refractivity contribution in [1.29, 1.82) is 0 Å². The fourth-order valence-electron chi connectivity index (χ4n) is 3.78. The first-order valence-electron chi connectivity index (χ1n) is 10.9. The summed E-state index contributed by atoms with van der Waals surface area (Å²) in [4.78, 5) is 16.0. The highest BCUT2D eigenvalue weighted by molar-refractivity contribution is 7.99. The van der Waals surface area contributed by atoms with Gasteiger partial charge in [-0.05, 0) is 42.5 Å². The molecule has 8 nitrogen and oxygen atoms in total. The van der Waals surface area contributed by atoms with Gasteiger partial charge in [-0.1, -0.05) is 36.0 Å². The van der Waals surface area contributed by atoms with E-state index in [0.717, 1.165) is 27.9 Å². The SMILES string of the molecule is COc1ccc(NC(=O)CSc2nnc(-c3c[nH]c4ccccc34)n2-c2cccc(OC)c2)cc1. The van der Waals surface area contributed by atoms with Gasteiger partial charge in [-0.3, -0.25) is 9.36 Å². The maximum Gasteiger partial charge on any atom is 0.234 e. The number of thioether (sulfide) groups is 1. The van der Waals surface area contributed by atoms with Gasteiger partial charge in [0.05, 0.1) is 25.7 Å². The van der Waals surface area contributed by atoms with Crippen molar-refractivity contribution in [1.82, 2.24) is 19.7 Å². The molecule has 2 N–H and O–H groups in total. The zero-order valence-corrected chi connectivity index (χ0v) is 20.0. The molecule has 5 aromatic rings. The molecule has 0 saturated heterocycles. The number of anilines is 1. The van der Waals surface area contributed by atoms with E-state index < -0.39 is 0 Å². The van der Waals surface area contributed by atoms with E-state index in [1.54, 1.807) is 38.5 Å². The van der Waals surface area contributed by atoms with E-state index in [1.165, 1.54) is 11.8 Å². The van der Waals surface area contributed by atoms with Crippen molar-refractivity contribution in [2.75, 3.05) is 25.3 Å². The quantitative estimate of drug-likeness (QED) is 0.295. The van der Waals surface area contributed by atoms with E-state index in [1.807, 2.05) is 59.3 Å². The summed E-state index contributed by atoms with van der Waals surface area (Å²) in [6.07, 6.45) is 1.93. The molecular formula is C26H23N5O3S. The molecule has 0 radical (unpaired) electrons. The summed E-state index contributed by atoms with van der Waals surface area (Å²) in [5.41, 5.74) is 3.47. The third-order valence-electron chi connectivity index (χ3n) is 5.48. The Morgan fingerprint density at radius 2 is 1.77 bits per heavy atom. The van der Waals surface area contributed by atoms with E-state index in [4.69, 9.17) is 9.47 Å². The van der Waals surface area contributed by atoms with Crippen LogP contribution in [-0.4, -0.2) is 45.6 Å². The van der Waals surface area contributed by atoms with Crippen molar-refractivity contribution in [2.45, 2.75) is 5.16 Å². The van der Waals surface area contributed by atoms with Crippen LogP contribution in [0.1, 0.15) is 0 Å². The zero-order valence-electron chi connectivity index (χ0n) is 19.2. The molecule has 5 rings (SSSR count). The number of methoxy groups -OCH3 is 2. The first-order chi connectivity index (χ1) is 17.2. The lowest BCUT2D eigenvalue weighted by Crippen LogP contribution is -2.14. The van der Waals surface area contributed by atoms with E-state index in [-0.39, 0.29) is 11.7 Å². The Balaban J connectivity index is 1.45. The van der Waals surface area contributed by atoms with Gasteiger partial charge in [0.1, 0.15) is 11.5 Å². The summed E-state index contributed by atoms with van der Waals surface area (Å²) in [5, 5.41) is 13.5. The maximum atomic E-state index is 12.7. The second-order valence-electron chi connectivity index (χ2n) is 7.66. The monoisotopic (exact) mass is 485 g/mol. The van der Waals surface area contributed by atoms with Crippen LogP contribution in [0.3, 0.4) is 0 Å². The summed E-state index contributed by atoms with van der Waals surface area (Å²) in [5.74, 6) is 2.15. The van der Waals surface area contributed by atoms with Crippen LogP contribution in [0.25, 0.3) is 28.0 Å². The predicted molar refractivity (Wildman–Crippen MR) is 138 cm³/mol. The average Bonchev–Trinajstić information content (AvgIpc) is 3.52. The predicted octanol–water partition coefficient (Wildman–Crippen LogP) is 5.16. The third-order valence-corrected chi connectivity index (χ3v) is 6.41. The standard InChI is InChI=1S/C26H23N5O3S/c1-33-19-12-10-17(11-13-19)28-24(32)16-35-26-30-29-25(22-15-27-23-9-4-3-8-21(22)23)31(26)18-6-5-7-20(14-18)34-2/h3-15,27H,16H2,1-2H3,(H,28,32). The molecule has 2 aromatic heterocycles. The normalized spacial score (nSPS) is 10.9. The van der Waals surface area contributed by atoms with Gasteiger partial charge in [0.2, 0.25) is 5.91 Å². The van der Waals surface area contributed by atoms with Crippen LogP contribution in [0.5, 0.6) is 11.5 Å². The highest BCUT2D eigenvalue weighted by Gasteiger charge is 2.20. The van der Waals surface area contributed by atoms with Crippen LogP contribution in [0.2, 0.25) is 0 Å². The van der Waals surface area contributed by atoms with Crippen molar-refractivity contribution in [3.8, 4) is 28.6 Å². The van der Waals surface area contributed by atoms with Gasteiger partial charge in [0, 0.05) is 34.4 Å². The van der Waals surface area contributed by atoms with Gasteiger partial charge < -0.3 is 19.8 Å². The number of aromatic nitrogens is 4. The van der Waals surface area contributed by atoms with Crippen LogP contribution in [-0.2, 0) is 4.79 Å². The second-order valence-corrected chi connectivity index (χ2v) is 8.60. The number of nitrogens with one attached hydrogen (secondary N) is 2. The number of hydrogen-bond acceptors (Lipinski definition) is 6. The molecular weight excluding hydrogens is 462 g/mol. The summed E-state index contributed by atoms with van der Waals surface area (Å²) in [7, 11) is 3.23. The lowest BCUT2D eigenvalue weighted by atomic mass is 10.1. The summed E-state index contributed by atoms with van der Waals surface area (Å²) >= 11 is 1.32. The maximum absolute atomic E-state index is 12.7. The molecule has 0 aliphatic rings. The van der Waals surface area contributed by atoms with Crippen LogP contribution in [0, 0.1) is 0 Å². The van der Waals surface area contributed by atoms with Gasteiger partial charge in [-0.25, -0.2) is 0 Å². The Morgan fingerprint density at radius 3 is 2.57 bits per heavy atom. The zero-order chi connectivity index (χ0) is 24.2. The van der Waals surface area contributed by atoms with Crippen molar-refractivity contribution < 1.29 is 14.3 Å². The molecule has 176 valence electrons. The molecule has 9 heteroatoms. The fourth-order valence-corrected chi connectivity index (χ4v) is 4.53. The molecule has 0 unspecified atom stereocenters. The summed E-state index contributed by atoms with van der Waals surface area (Å²) in [6.45, 7) is 0. The number of ether oxygens (including phenoxy) is 2. The van der Waals surface area contributed by atoms with Crippen molar-refractivity contribution in [3.05, 3.63) is 79.0 Å². The van der Waals surface area contributed by atoms with E-state index in [0.29, 0.717) is 22.4 Å². The molecule has 0 saturated carbocycles. The number of nitrogens with zero attached hydrogens (tertiary/aromatic N) is 3. The van der Waals surface area contributed by atoms with E-state index >= 15 is 0 Å². The minimum Gasteiger partial charge on any atom is -0.497 e. The number of aromatic amines is 1. The average molecular weight is 486 g/mol. The van der Waals surface area contributed by atoms with Crippen LogP contribution in [0.15, 0.2) is 84.1 Å². The first-order valence-corrected chi connectivity index (χ1v) is 11.9. The lowest BCUT2D eigenvalue weighted by Gasteiger charge is -2.11. The summed E-state index contributed by atoms with van der Waals surface area (Å²) < 4.78 is 12.5. The van der Waals surface area contributed by atoms with Crippen LogP contribution >= 0.6 is 11.8 Å². The Kier molecular flexibility index (Phi) is 6.40. The van der Waals surface area contributed by atoms with Crippen molar-refractivity contribution in [3.63, 3.8) is 0 Å². The van der Waals surface area contributed by atoms with Gasteiger partial charge >= 0.3 is 0 Å². The number of carbonyl (C=O) groups excluding carboxylic acids is 1. The number of benzene rings is 3. The molecule has 0 bridgehead atoms. The molecule has 2 heterocycles. The van der Waals surface area contributed by atoms with Gasteiger partial charge in [0.15, 0.2) is 11.0 Å². The Labute approximate surface area is 206 Å². The summed E-state index contributed by atoms with van der Waals surface area (Å²) in [6, 6.07) is 22.9. The Bertz CT molecular complexity index is 1480. The molecule has 0 spiro atoms. The minimum absolute atomic E-state index is 0.144. The topological polar surface area (TPSA) is 94.1 Å². The highest BCUT2D eigenvalue weighted by Crippen LogP contribution is 2.33. The number of H-pyrrole nitrogens is 1. The minimum atomic E-state index is -0.144. The van der Waals surface area contributed by atoms with Crippen LogP contribution in [0.4, 0.5) is 5.69 Å². The largest absolute Gasteiger partial charge is 0.497 e. The van der Waals surface area contributed by atoms with E-state index in [2.05, 4.69) is 20.5 Å². The number of carbonyl (C=O) groups is 1. The number of hydrogen-bond donors (Lipinski definition) is 2. The molecule has 0 aliphatic carbocycles.